The van der Waals surface area contributed by atoms with Gasteiger partial charge in [-0.3, -0.25) is 0 Å². The van der Waals surface area contributed by atoms with Crippen molar-refractivity contribution in [2.45, 2.75) is 53.2 Å². The van der Waals surface area contributed by atoms with Crippen LogP contribution in [0, 0.1) is 12.8 Å². The van der Waals surface area contributed by atoms with E-state index in [0.29, 0.717) is 5.92 Å². The Hall–Kier alpha value is -1.06. The summed E-state index contributed by atoms with van der Waals surface area (Å²) in [6.45, 7) is 12.6. The van der Waals surface area contributed by atoms with Gasteiger partial charge in [0, 0.05) is 6.61 Å². The second-order valence-corrected chi connectivity index (χ2v) is 5.82. The minimum Gasteiger partial charge on any atom is -0.497 e. The van der Waals surface area contributed by atoms with Crippen molar-refractivity contribution in [3.05, 3.63) is 29.3 Å². The lowest BCUT2D eigenvalue weighted by molar-refractivity contribution is 0.00268. The van der Waals surface area contributed by atoms with Crippen molar-refractivity contribution in [1.82, 2.24) is 5.32 Å². The molecule has 0 aromatic heterocycles. The van der Waals surface area contributed by atoms with Crippen molar-refractivity contribution in [3.63, 3.8) is 0 Å². The van der Waals surface area contributed by atoms with E-state index in [-0.39, 0.29) is 12.1 Å². The topological polar surface area (TPSA) is 30.5 Å². The van der Waals surface area contributed by atoms with E-state index in [9.17, 15) is 0 Å². The Morgan fingerprint density at radius 1 is 1.19 bits per heavy atom. The highest BCUT2D eigenvalue weighted by Crippen LogP contribution is 2.29. The molecule has 1 aromatic rings. The quantitative estimate of drug-likeness (QED) is 0.743. The Morgan fingerprint density at radius 3 is 2.38 bits per heavy atom. The monoisotopic (exact) mass is 293 g/mol. The first-order valence-corrected chi connectivity index (χ1v) is 8.04. The van der Waals surface area contributed by atoms with E-state index in [0.717, 1.165) is 25.3 Å². The predicted molar refractivity (Wildman–Crippen MR) is 89.0 cm³/mol. The fourth-order valence-corrected chi connectivity index (χ4v) is 2.69. The molecule has 0 spiro atoms. The summed E-state index contributed by atoms with van der Waals surface area (Å²) in [5.41, 5.74) is 2.55. The van der Waals surface area contributed by atoms with Gasteiger partial charge in [-0.15, -0.1) is 0 Å². The number of aryl methyl sites for hydroxylation is 1. The van der Waals surface area contributed by atoms with Gasteiger partial charge in [-0.1, -0.05) is 26.8 Å². The number of nitrogens with one attached hydrogen (secondary N) is 1. The van der Waals surface area contributed by atoms with Gasteiger partial charge < -0.3 is 14.8 Å². The molecular formula is C18H31NO2. The fourth-order valence-electron chi connectivity index (χ4n) is 2.69. The summed E-state index contributed by atoms with van der Waals surface area (Å²) < 4.78 is 11.3. The van der Waals surface area contributed by atoms with E-state index in [1.807, 2.05) is 6.07 Å². The fraction of sp³-hybridized carbons (Fsp3) is 0.667. The molecule has 0 aliphatic rings. The minimum atomic E-state index is 0.175. The molecule has 1 rings (SSSR count). The lowest BCUT2D eigenvalue weighted by atomic mass is 9.90. The molecule has 120 valence electrons. The minimum absolute atomic E-state index is 0.175. The van der Waals surface area contributed by atoms with Crippen LogP contribution in [0.2, 0.25) is 0 Å². The van der Waals surface area contributed by atoms with E-state index < -0.39 is 0 Å². The molecule has 2 atom stereocenters. The molecule has 3 heteroatoms. The summed E-state index contributed by atoms with van der Waals surface area (Å²) in [5, 5.41) is 3.66. The molecular weight excluding hydrogens is 262 g/mol. The third-order valence-electron chi connectivity index (χ3n) is 3.77. The molecule has 21 heavy (non-hydrogen) atoms. The highest BCUT2D eigenvalue weighted by Gasteiger charge is 2.27. The molecule has 0 saturated heterocycles. The molecule has 0 amide bonds. The van der Waals surface area contributed by atoms with Crippen LogP contribution in [0.15, 0.2) is 18.2 Å². The number of methoxy groups -OCH3 is 1. The molecule has 1 aromatic carbocycles. The normalized spacial score (nSPS) is 14.2. The number of rotatable bonds is 9. The molecule has 2 unspecified atom stereocenters. The van der Waals surface area contributed by atoms with Gasteiger partial charge in [-0.05, 0) is 56.0 Å². The molecule has 0 radical (unpaired) electrons. The molecule has 0 bridgehead atoms. The zero-order valence-corrected chi connectivity index (χ0v) is 14.4. The van der Waals surface area contributed by atoms with Crippen LogP contribution >= 0.6 is 0 Å². The average molecular weight is 293 g/mol. The maximum atomic E-state index is 6.03. The average Bonchev–Trinajstić information content (AvgIpc) is 2.47. The standard InChI is InChI=1S/C18H31NO2/c1-7-11-19-17(18(13(3)4)21-8-2)16-10-9-15(20-6)12-14(16)5/h9-10,12-13,17-19H,7-8,11H2,1-6H3. The lowest BCUT2D eigenvalue weighted by Crippen LogP contribution is -2.38. The van der Waals surface area contributed by atoms with Crippen molar-refractivity contribution in [2.24, 2.45) is 5.92 Å². The van der Waals surface area contributed by atoms with Crippen LogP contribution in [0.3, 0.4) is 0 Å². The second kappa shape index (κ2) is 9.06. The second-order valence-electron chi connectivity index (χ2n) is 5.82. The van der Waals surface area contributed by atoms with Crippen molar-refractivity contribution in [3.8, 4) is 5.75 Å². The van der Waals surface area contributed by atoms with Crippen LogP contribution in [0.25, 0.3) is 0 Å². The molecule has 0 saturated carbocycles. The number of ether oxygens (including phenoxy) is 2. The van der Waals surface area contributed by atoms with Crippen molar-refractivity contribution in [1.29, 1.82) is 0 Å². The lowest BCUT2D eigenvalue weighted by Gasteiger charge is -2.32. The van der Waals surface area contributed by atoms with Crippen LogP contribution in [-0.4, -0.2) is 26.4 Å². The van der Waals surface area contributed by atoms with Gasteiger partial charge >= 0.3 is 0 Å². The number of hydrogen-bond acceptors (Lipinski definition) is 3. The smallest absolute Gasteiger partial charge is 0.119 e. The largest absolute Gasteiger partial charge is 0.497 e. The summed E-state index contributed by atoms with van der Waals surface area (Å²) >= 11 is 0. The Kier molecular flexibility index (Phi) is 7.76. The molecule has 1 N–H and O–H groups in total. The van der Waals surface area contributed by atoms with E-state index in [1.165, 1.54) is 11.1 Å². The molecule has 0 aliphatic heterocycles. The zero-order valence-electron chi connectivity index (χ0n) is 14.4. The summed E-state index contributed by atoms with van der Waals surface area (Å²) in [4.78, 5) is 0. The van der Waals surface area contributed by atoms with Gasteiger partial charge in [0.2, 0.25) is 0 Å². The highest BCUT2D eigenvalue weighted by atomic mass is 16.5. The van der Waals surface area contributed by atoms with Crippen LogP contribution in [-0.2, 0) is 4.74 Å². The Balaban J connectivity index is 3.10. The summed E-state index contributed by atoms with van der Waals surface area (Å²) in [7, 11) is 1.71. The van der Waals surface area contributed by atoms with Gasteiger partial charge in [0.25, 0.3) is 0 Å². The van der Waals surface area contributed by atoms with Crippen molar-refractivity contribution < 1.29 is 9.47 Å². The Labute approximate surface area is 130 Å². The molecule has 3 nitrogen and oxygen atoms in total. The maximum absolute atomic E-state index is 6.03. The van der Waals surface area contributed by atoms with Crippen LogP contribution in [0.5, 0.6) is 5.75 Å². The van der Waals surface area contributed by atoms with Crippen molar-refractivity contribution in [2.75, 3.05) is 20.3 Å². The first kappa shape index (κ1) is 18.0. The van der Waals surface area contributed by atoms with E-state index in [4.69, 9.17) is 9.47 Å². The van der Waals surface area contributed by atoms with E-state index >= 15 is 0 Å². The third-order valence-corrected chi connectivity index (χ3v) is 3.77. The first-order chi connectivity index (χ1) is 10.0. The van der Waals surface area contributed by atoms with Crippen LogP contribution in [0.4, 0.5) is 0 Å². The van der Waals surface area contributed by atoms with Gasteiger partial charge in [-0.25, -0.2) is 0 Å². The predicted octanol–water partition coefficient (Wildman–Crippen LogP) is 4.11. The first-order valence-electron chi connectivity index (χ1n) is 8.04. The summed E-state index contributed by atoms with van der Waals surface area (Å²) in [6, 6.07) is 6.51. The van der Waals surface area contributed by atoms with E-state index in [2.05, 4.69) is 52.1 Å². The van der Waals surface area contributed by atoms with Crippen molar-refractivity contribution >= 4 is 0 Å². The van der Waals surface area contributed by atoms with Crippen LogP contribution < -0.4 is 10.1 Å². The zero-order chi connectivity index (χ0) is 15.8. The van der Waals surface area contributed by atoms with Gasteiger partial charge in [0.15, 0.2) is 0 Å². The van der Waals surface area contributed by atoms with E-state index in [1.54, 1.807) is 7.11 Å². The number of hydrogen-bond donors (Lipinski definition) is 1. The molecule has 0 fully saturated rings. The summed E-state index contributed by atoms with van der Waals surface area (Å²) in [6.07, 6.45) is 1.29. The van der Waals surface area contributed by atoms with Gasteiger partial charge in [0.05, 0.1) is 19.3 Å². The van der Waals surface area contributed by atoms with Crippen LogP contribution in [0.1, 0.15) is 51.3 Å². The molecule has 0 heterocycles. The highest BCUT2D eigenvalue weighted by molar-refractivity contribution is 5.37. The van der Waals surface area contributed by atoms with Gasteiger partial charge in [-0.2, -0.15) is 0 Å². The van der Waals surface area contributed by atoms with Gasteiger partial charge in [0.1, 0.15) is 5.75 Å². The third kappa shape index (κ3) is 5.01. The maximum Gasteiger partial charge on any atom is 0.119 e. The number of benzene rings is 1. The summed E-state index contributed by atoms with van der Waals surface area (Å²) in [5.74, 6) is 1.36. The Morgan fingerprint density at radius 2 is 1.90 bits per heavy atom. The Bertz CT molecular complexity index is 418. The molecule has 0 aliphatic carbocycles. The SMILES string of the molecule is CCCNC(c1ccc(OC)cc1C)C(OCC)C(C)C.